The van der Waals surface area contributed by atoms with Gasteiger partial charge in [-0.3, -0.25) is 13.6 Å². The Morgan fingerprint density at radius 3 is 1.67 bits per heavy atom. The molecule has 15 nitrogen and oxygen atoms in total. The molecule has 0 aliphatic carbocycles. The van der Waals surface area contributed by atoms with E-state index in [0.29, 0.717) is 24.0 Å². The molecule has 2 aromatic rings. The number of fused-ring (bicyclic) bond motifs is 1. The summed E-state index contributed by atoms with van der Waals surface area (Å²) < 4.78 is 66.5. The molecule has 51 heavy (non-hydrogen) atoms. The van der Waals surface area contributed by atoms with Crippen molar-refractivity contribution in [2.75, 3.05) is 25.3 Å². The second-order valence-electron chi connectivity index (χ2n) is 13.2. The first kappa shape index (κ1) is 45.9. The molecule has 2 rings (SSSR count). The molecule has 0 spiro atoms. The maximum Gasteiger partial charge on any atom is 0.488 e. The van der Waals surface area contributed by atoms with E-state index >= 15 is 0 Å². The average molecular weight is 784 g/mol. The molecule has 0 aliphatic rings. The number of aromatic nitrogens is 4. The van der Waals surface area contributed by atoms with E-state index in [1.807, 2.05) is 0 Å². The number of nitrogens with two attached hydrogens (primary N) is 1. The van der Waals surface area contributed by atoms with E-state index in [2.05, 4.69) is 33.1 Å². The van der Waals surface area contributed by atoms with Crippen molar-refractivity contribution < 1.29 is 45.9 Å². The van der Waals surface area contributed by atoms with Gasteiger partial charge in [-0.25, -0.2) is 28.4 Å². The summed E-state index contributed by atoms with van der Waals surface area (Å²) in [6, 6.07) is 0. The molecule has 0 bridgehead atoms. The van der Waals surface area contributed by atoms with Crippen molar-refractivity contribution in [3.05, 3.63) is 12.7 Å². The largest absolute Gasteiger partial charge is 0.488 e. The SMILES string of the molecule is CCCCCCCCCCCCOP(=O)(OCCCCCCCCCCCC)OP(=O)(O)OP(=O)(O)CO[C@H](C)Cn1cnc2c(N)ncnc21. The lowest BCUT2D eigenvalue weighted by molar-refractivity contribution is 0.0752. The molecule has 0 saturated heterocycles. The number of nitrogen functional groups attached to an aromatic ring is 1. The number of rotatable bonds is 33. The van der Waals surface area contributed by atoms with Gasteiger partial charge in [0.1, 0.15) is 18.2 Å². The summed E-state index contributed by atoms with van der Waals surface area (Å²) in [5.41, 5.74) is 6.66. The van der Waals surface area contributed by atoms with E-state index in [0.717, 1.165) is 51.4 Å². The average Bonchev–Trinajstić information content (AvgIpc) is 3.48. The van der Waals surface area contributed by atoms with Gasteiger partial charge in [-0.05, 0) is 19.8 Å². The van der Waals surface area contributed by atoms with Crippen molar-refractivity contribution in [2.45, 2.75) is 162 Å². The number of imidazole rings is 1. The maximum atomic E-state index is 13.5. The number of hydrogen-bond donors (Lipinski definition) is 3. The minimum absolute atomic E-state index is 0.0390. The number of nitrogens with zero attached hydrogens (tertiary/aromatic N) is 4. The van der Waals surface area contributed by atoms with Crippen LogP contribution in [0.3, 0.4) is 0 Å². The van der Waals surface area contributed by atoms with Crippen molar-refractivity contribution in [2.24, 2.45) is 0 Å². The highest BCUT2D eigenvalue weighted by Crippen LogP contribution is 2.69. The number of phosphoric ester groups is 1. The fourth-order valence-corrected chi connectivity index (χ4v) is 10.0. The van der Waals surface area contributed by atoms with Crippen LogP contribution < -0.4 is 5.73 Å². The lowest BCUT2D eigenvalue weighted by Crippen LogP contribution is -2.17. The van der Waals surface area contributed by atoms with E-state index in [-0.39, 0.29) is 25.6 Å². The third-order valence-electron chi connectivity index (χ3n) is 8.33. The first-order valence-corrected chi connectivity index (χ1v) is 23.6. The third-order valence-corrected chi connectivity index (χ3v) is 13.3. The van der Waals surface area contributed by atoms with Gasteiger partial charge in [-0.1, -0.05) is 129 Å². The van der Waals surface area contributed by atoms with Gasteiger partial charge in [0.15, 0.2) is 11.5 Å². The van der Waals surface area contributed by atoms with Crippen LogP contribution in [0.1, 0.15) is 149 Å². The highest BCUT2D eigenvalue weighted by atomic mass is 31.3. The van der Waals surface area contributed by atoms with Gasteiger partial charge in [0.25, 0.3) is 0 Å². The van der Waals surface area contributed by atoms with Gasteiger partial charge >= 0.3 is 23.2 Å². The van der Waals surface area contributed by atoms with Gasteiger partial charge in [-0.15, -0.1) is 0 Å². The zero-order chi connectivity index (χ0) is 37.4. The van der Waals surface area contributed by atoms with Crippen LogP contribution in [-0.4, -0.2) is 55.0 Å². The summed E-state index contributed by atoms with van der Waals surface area (Å²) in [5, 5.41) is 0. The Morgan fingerprint density at radius 1 is 0.706 bits per heavy atom. The van der Waals surface area contributed by atoms with Crippen LogP contribution in [0.5, 0.6) is 0 Å². The summed E-state index contributed by atoms with van der Waals surface area (Å²) in [7, 11) is -14.9. The van der Waals surface area contributed by atoms with Crippen LogP contribution >= 0.6 is 23.2 Å². The molecule has 2 unspecified atom stereocenters. The predicted octanol–water partition coefficient (Wildman–Crippen LogP) is 10.1. The summed E-state index contributed by atoms with van der Waals surface area (Å²) >= 11 is 0. The highest BCUT2D eigenvalue weighted by molar-refractivity contribution is 7.68. The normalized spacial score (nSPS) is 15.2. The van der Waals surface area contributed by atoms with Crippen LogP contribution in [0.4, 0.5) is 5.82 Å². The van der Waals surface area contributed by atoms with Crippen molar-refractivity contribution in [1.29, 1.82) is 0 Å². The minimum atomic E-state index is -5.41. The molecule has 2 heterocycles. The molecule has 0 aliphatic heterocycles. The summed E-state index contributed by atoms with van der Waals surface area (Å²) in [5.74, 6) is 0.205. The Hall–Kier alpha value is -1.24. The van der Waals surface area contributed by atoms with Crippen LogP contribution in [0.2, 0.25) is 0 Å². The molecular weight excluding hydrogens is 719 g/mol. The molecule has 0 fully saturated rings. The Bertz CT molecular complexity index is 1340. The second kappa shape index (κ2) is 25.7. The van der Waals surface area contributed by atoms with Gasteiger partial charge < -0.3 is 24.8 Å². The third kappa shape index (κ3) is 20.7. The topological polar surface area (TPSA) is 207 Å². The first-order chi connectivity index (χ1) is 24.4. The smallest absolute Gasteiger partial charge is 0.382 e. The Morgan fingerprint density at radius 2 is 1.18 bits per heavy atom. The number of phosphoric acid groups is 2. The van der Waals surface area contributed by atoms with Gasteiger partial charge in [0.05, 0.1) is 32.2 Å². The molecule has 4 N–H and O–H groups in total. The Kier molecular flexibility index (Phi) is 23.2. The molecule has 0 aromatic carbocycles. The lowest BCUT2D eigenvalue weighted by atomic mass is 10.1. The quantitative estimate of drug-likeness (QED) is 0.0455. The number of ether oxygens (including phenoxy) is 1. The monoisotopic (exact) mass is 783 g/mol. The van der Waals surface area contributed by atoms with E-state index in [1.54, 1.807) is 11.5 Å². The van der Waals surface area contributed by atoms with Crippen molar-refractivity contribution in [3.8, 4) is 0 Å². The van der Waals surface area contributed by atoms with Crippen LogP contribution in [0.25, 0.3) is 11.2 Å². The van der Waals surface area contributed by atoms with Crippen molar-refractivity contribution >= 4 is 40.2 Å². The fraction of sp³-hybridized carbons (Fsp3) is 0.848. The Labute approximate surface area is 304 Å². The molecule has 18 heteroatoms. The highest BCUT2D eigenvalue weighted by Gasteiger charge is 2.43. The first-order valence-electron chi connectivity index (χ1n) is 18.9. The molecule has 0 radical (unpaired) electrons. The number of unbranched alkanes of at least 4 members (excludes halogenated alkanes) is 18. The van der Waals surface area contributed by atoms with Gasteiger partial charge in [0, 0.05) is 0 Å². The van der Waals surface area contributed by atoms with E-state index in [9.17, 15) is 23.5 Å². The predicted molar refractivity (Wildman–Crippen MR) is 200 cm³/mol. The zero-order valence-electron chi connectivity index (χ0n) is 31.1. The lowest BCUT2D eigenvalue weighted by Gasteiger charge is -2.22. The second-order valence-corrected chi connectivity index (χ2v) is 18.4. The summed E-state index contributed by atoms with van der Waals surface area (Å²) in [6.45, 7) is 6.10. The summed E-state index contributed by atoms with van der Waals surface area (Å²) in [4.78, 5) is 33.0. The standard InChI is InChI=1S/C33H64N5O10P3/c1-4-6-8-10-12-14-16-18-20-22-24-45-51(43,46-25-23-21-19-17-15-13-11-9-7-5-2)48-50(41,42)47-49(39,40)29-44-30(3)26-38-28-37-31-32(34)35-27-36-33(31)38/h27-28,30H,4-26,29H2,1-3H3,(H,39,40)(H,41,42)(H2,34,35,36)/t30-/m1/s1. The van der Waals surface area contributed by atoms with E-state index < -0.39 is 35.7 Å². The zero-order valence-corrected chi connectivity index (χ0v) is 33.8. The molecule has 296 valence electrons. The Balaban J connectivity index is 1.84. The molecule has 3 atom stereocenters. The molecular formula is C33H64N5O10P3. The van der Waals surface area contributed by atoms with Crippen LogP contribution in [-0.2, 0) is 42.6 Å². The molecule has 2 aromatic heterocycles. The van der Waals surface area contributed by atoms with Crippen LogP contribution in [0.15, 0.2) is 12.7 Å². The van der Waals surface area contributed by atoms with Crippen molar-refractivity contribution in [3.63, 3.8) is 0 Å². The van der Waals surface area contributed by atoms with E-state index in [1.165, 1.54) is 76.9 Å². The fourth-order valence-electron chi connectivity index (χ4n) is 5.53. The summed E-state index contributed by atoms with van der Waals surface area (Å²) in [6.07, 6.45) is 22.7. The van der Waals surface area contributed by atoms with Gasteiger partial charge in [-0.2, -0.15) is 4.31 Å². The van der Waals surface area contributed by atoms with Gasteiger partial charge in [0.2, 0.25) is 0 Å². The number of anilines is 1. The number of hydrogen-bond acceptors (Lipinski definition) is 12. The molecule has 0 saturated carbocycles. The minimum Gasteiger partial charge on any atom is -0.382 e. The van der Waals surface area contributed by atoms with Crippen molar-refractivity contribution in [1.82, 2.24) is 19.5 Å². The maximum absolute atomic E-state index is 13.5. The van der Waals surface area contributed by atoms with E-state index in [4.69, 9.17) is 23.8 Å². The van der Waals surface area contributed by atoms with Crippen LogP contribution in [0, 0.1) is 0 Å². The molecule has 0 amide bonds.